The zero-order valence-electron chi connectivity index (χ0n) is 18.0. The van der Waals surface area contributed by atoms with E-state index in [0.717, 1.165) is 11.4 Å². The first-order valence-corrected chi connectivity index (χ1v) is 10.8. The molecule has 0 aliphatic carbocycles. The molecule has 2 aromatic heterocycles. The van der Waals surface area contributed by atoms with Crippen LogP contribution in [-0.2, 0) is 11.8 Å². The predicted molar refractivity (Wildman–Crippen MR) is 127 cm³/mol. The van der Waals surface area contributed by atoms with E-state index in [1.165, 1.54) is 17.0 Å². The van der Waals surface area contributed by atoms with Crippen LogP contribution in [0, 0.1) is 13.8 Å². The van der Waals surface area contributed by atoms with Crippen LogP contribution in [0.5, 0.6) is 0 Å². The van der Waals surface area contributed by atoms with Crippen LogP contribution in [0.1, 0.15) is 41.1 Å². The maximum absolute atomic E-state index is 12.6. The van der Waals surface area contributed by atoms with Gasteiger partial charge >= 0.3 is 0 Å². The third-order valence-corrected chi connectivity index (χ3v) is 6.32. The van der Waals surface area contributed by atoms with Gasteiger partial charge in [0.15, 0.2) is 5.11 Å². The molecule has 2 atom stereocenters. The number of hydrogen-bond donors (Lipinski definition) is 2. The monoisotopic (exact) mass is 433 g/mol. The summed E-state index contributed by atoms with van der Waals surface area (Å²) in [5.74, 6) is -0.0324. The number of hydrogen-bond acceptors (Lipinski definition) is 3. The summed E-state index contributed by atoms with van der Waals surface area (Å²) >= 11 is 5.71. The van der Waals surface area contributed by atoms with Gasteiger partial charge in [0.1, 0.15) is 0 Å². The van der Waals surface area contributed by atoms with Crippen LogP contribution >= 0.6 is 12.2 Å². The van der Waals surface area contributed by atoms with E-state index in [4.69, 9.17) is 12.2 Å². The van der Waals surface area contributed by atoms with Gasteiger partial charge in [-0.2, -0.15) is 0 Å². The van der Waals surface area contributed by atoms with E-state index in [-0.39, 0.29) is 18.0 Å². The number of aryl methyl sites for hydroxylation is 1. The highest BCUT2D eigenvalue weighted by Gasteiger charge is 2.41. The van der Waals surface area contributed by atoms with Crippen molar-refractivity contribution in [3.8, 4) is 0 Å². The highest BCUT2D eigenvalue weighted by atomic mass is 32.1. The molecule has 0 bridgehead atoms. The van der Waals surface area contributed by atoms with Crippen molar-refractivity contribution < 1.29 is 4.79 Å². The highest BCUT2D eigenvalue weighted by Crippen LogP contribution is 2.40. The van der Waals surface area contributed by atoms with E-state index in [0.29, 0.717) is 18.1 Å². The number of benzene rings is 1. The molecule has 6 nitrogen and oxygen atoms in total. The lowest BCUT2D eigenvalue weighted by Gasteiger charge is -2.28. The molecule has 3 aromatic rings. The van der Waals surface area contributed by atoms with Crippen LogP contribution in [0.25, 0.3) is 0 Å². The minimum Gasteiger partial charge on any atom is -0.352 e. The Labute approximate surface area is 188 Å². The maximum Gasteiger partial charge on any atom is 0.226 e. The SMILES string of the molecule is Cc1cc([C@@H]2[C@@H](c3ccccn3)NC(=S)N2CCC(=O)Nc2ccccc2)c(C)n1C. The minimum atomic E-state index is -0.0774. The van der Waals surface area contributed by atoms with E-state index in [1.54, 1.807) is 6.20 Å². The lowest BCUT2D eigenvalue weighted by atomic mass is 9.96. The van der Waals surface area contributed by atoms with E-state index >= 15 is 0 Å². The number of carbonyl (C=O) groups is 1. The molecule has 0 radical (unpaired) electrons. The van der Waals surface area contributed by atoms with Crippen LogP contribution in [-0.4, -0.2) is 32.0 Å². The second-order valence-electron chi connectivity index (χ2n) is 7.87. The summed E-state index contributed by atoms with van der Waals surface area (Å²) < 4.78 is 2.19. The smallest absolute Gasteiger partial charge is 0.226 e. The molecule has 1 fully saturated rings. The van der Waals surface area contributed by atoms with Crippen molar-refractivity contribution >= 4 is 28.9 Å². The predicted octanol–water partition coefficient (Wildman–Crippen LogP) is 4.04. The number of aromatic nitrogens is 2. The second kappa shape index (κ2) is 8.89. The number of rotatable bonds is 6. The van der Waals surface area contributed by atoms with Gasteiger partial charge in [0.05, 0.1) is 17.8 Å². The number of para-hydroxylation sites is 1. The van der Waals surface area contributed by atoms with Gasteiger partial charge in [-0.3, -0.25) is 9.78 Å². The number of carbonyl (C=O) groups excluding carboxylic acids is 1. The Balaban J connectivity index is 1.59. The second-order valence-corrected chi connectivity index (χ2v) is 8.26. The number of amides is 1. The van der Waals surface area contributed by atoms with Gasteiger partial charge in [0, 0.05) is 43.3 Å². The molecule has 160 valence electrons. The largest absolute Gasteiger partial charge is 0.352 e. The molecule has 3 heterocycles. The van der Waals surface area contributed by atoms with E-state index in [9.17, 15) is 4.79 Å². The lowest BCUT2D eigenvalue weighted by molar-refractivity contribution is -0.116. The molecular weight excluding hydrogens is 406 g/mol. The fourth-order valence-electron chi connectivity index (χ4n) is 4.14. The number of anilines is 1. The zero-order chi connectivity index (χ0) is 22.0. The summed E-state index contributed by atoms with van der Waals surface area (Å²) in [5.41, 5.74) is 5.31. The summed E-state index contributed by atoms with van der Waals surface area (Å²) in [6.45, 7) is 4.75. The molecule has 0 saturated carbocycles. The Morgan fingerprint density at radius 3 is 2.55 bits per heavy atom. The normalized spacial score (nSPS) is 18.2. The van der Waals surface area contributed by atoms with Gasteiger partial charge in [-0.25, -0.2) is 0 Å². The Kier molecular flexibility index (Phi) is 6.04. The lowest BCUT2D eigenvalue weighted by Crippen LogP contribution is -2.32. The third-order valence-electron chi connectivity index (χ3n) is 5.97. The third kappa shape index (κ3) is 4.32. The highest BCUT2D eigenvalue weighted by molar-refractivity contribution is 7.80. The van der Waals surface area contributed by atoms with Gasteiger partial charge in [0.25, 0.3) is 0 Å². The molecule has 31 heavy (non-hydrogen) atoms. The van der Waals surface area contributed by atoms with Gasteiger partial charge < -0.3 is 20.1 Å². The van der Waals surface area contributed by atoms with Crippen molar-refractivity contribution in [2.75, 3.05) is 11.9 Å². The summed E-state index contributed by atoms with van der Waals surface area (Å²) in [5, 5.41) is 7.06. The van der Waals surface area contributed by atoms with Crippen LogP contribution < -0.4 is 10.6 Å². The summed E-state index contributed by atoms with van der Waals surface area (Å²) in [6, 6.07) is 17.5. The minimum absolute atomic E-state index is 0.0324. The first-order valence-electron chi connectivity index (χ1n) is 10.4. The average Bonchev–Trinajstić information content (AvgIpc) is 3.24. The fraction of sp³-hybridized carbons (Fsp3) is 0.292. The van der Waals surface area contributed by atoms with Crippen molar-refractivity contribution in [1.82, 2.24) is 19.8 Å². The summed E-state index contributed by atoms with van der Waals surface area (Å²) in [6.07, 6.45) is 2.14. The Hall–Kier alpha value is -3.19. The van der Waals surface area contributed by atoms with Crippen molar-refractivity contribution in [3.05, 3.63) is 83.4 Å². The van der Waals surface area contributed by atoms with E-state index in [1.807, 2.05) is 48.5 Å². The summed E-state index contributed by atoms with van der Waals surface area (Å²) in [7, 11) is 2.07. The van der Waals surface area contributed by atoms with Gasteiger partial charge in [-0.1, -0.05) is 24.3 Å². The molecule has 1 saturated heterocycles. The first kappa shape index (κ1) is 21.1. The molecule has 4 rings (SSSR count). The fourth-order valence-corrected chi connectivity index (χ4v) is 4.47. The van der Waals surface area contributed by atoms with Crippen LogP contribution in [0.4, 0.5) is 5.69 Å². The quantitative estimate of drug-likeness (QED) is 0.575. The molecule has 1 amide bonds. The molecule has 0 spiro atoms. The Morgan fingerprint density at radius 1 is 1.16 bits per heavy atom. The molecule has 1 aliphatic rings. The number of pyridine rings is 1. The Morgan fingerprint density at radius 2 is 1.90 bits per heavy atom. The van der Waals surface area contributed by atoms with Crippen molar-refractivity contribution in [2.24, 2.45) is 7.05 Å². The first-order chi connectivity index (χ1) is 15.0. The zero-order valence-corrected chi connectivity index (χ0v) is 18.8. The topological polar surface area (TPSA) is 62.2 Å². The molecule has 1 aliphatic heterocycles. The molecule has 0 unspecified atom stereocenters. The number of nitrogens with zero attached hydrogens (tertiary/aromatic N) is 3. The van der Waals surface area contributed by atoms with Crippen molar-refractivity contribution in [1.29, 1.82) is 0 Å². The molecular formula is C24H27N5OS. The van der Waals surface area contributed by atoms with Gasteiger partial charge in [-0.15, -0.1) is 0 Å². The van der Waals surface area contributed by atoms with Crippen LogP contribution in [0.3, 0.4) is 0 Å². The van der Waals surface area contributed by atoms with Gasteiger partial charge in [-0.05, 0) is 62.0 Å². The Bertz CT molecular complexity index is 1080. The molecule has 7 heteroatoms. The maximum atomic E-state index is 12.6. The standard InChI is InChI=1S/C24H27N5OS/c1-16-15-19(17(2)28(16)3)23-22(20-11-7-8-13-25-20)27-24(31)29(23)14-12-21(30)26-18-9-5-4-6-10-18/h4-11,13,15,22-23H,12,14H2,1-3H3,(H,26,30)(H,27,31)/t22-,23-/m1/s1. The van der Waals surface area contributed by atoms with E-state index < -0.39 is 0 Å². The van der Waals surface area contributed by atoms with Crippen LogP contribution in [0.2, 0.25) is 0 Å². The molecule has 2 N–H and O–H groups in total. The van der Waals surface area contributed by atoms with Crippen molar-refractivity contribution in [3.63, 3.8) is 0 Å². The average molecular weight is 434 g/mol. The van der Waals surface area contributed by atoms with Gasteiger partial charge in [0.2, 0.25) is 5.91 Å². The molecule has 1 aromatic carbocycles. The van der Waals surface area contributed by atoms with Crippen molar-refractivity contribution in [2.45, 2.75) is 32.4 Å². The number of thiocarbonyl (C=S) groups is 1. The summed E-state index contributed by atoms with van der Waals surface area (Å²) in [4.78, 5) is 19.3. The van der Waals surface area contributed by atoms with E-state index in [2.05, 4.69) is 52.0 Å². The van der Waals surface area contributed by atoms with Crippen LogP contribution in [0.15, 0.2) is 60.8 Å². The number of nitrogens with one attached hydrogen (secondary N) is 2.